The Balaban J connectivity index is 1.50. The van der Waals surface area contributed by atoms with Gasteiger partial charge in [-0.1, -0.05) is 64.9 Å². The van der Waals surface area contributed by atoms with E-state index in [1.54, 1.807) is 6.07 Å². The fourth-order valence-corrected chi connectivity index (χ4v) is 4.28. The summed E-state index contributed by atoms with van der Waals surface area (Å²) in [6, 6.07) is 9.30. The zero-order chi connectivity index (χ0) is 19.1. The van der Waals surface area contributed by atoms with Crippen LogP contribution in [0, 0.1) is 17.7 Å². The van der Waals surface area contributed by atoms with Crippen molar-refractivity contribution in [2.45, 2.75) is 78.1 Å². The van der Waals surface area contributed by atoms with E-state index in [9.17, 15) is 4.39 Å². The number of aromatic nitrogens is 2. The third kappa shape index (κ3) is 5.60. The molecule has 0 spiro atoms. The maximum atomic E-state index is 14.3. The smallest absolute Gasteiger partial charge is 0.132 e. The van der Waals surface area contributed by atoms with Crippen molar-refractivity contribution in [1.29, 1.82) is 0 Å². The van der Waals surface area contributed by atoms with Crippen LogP contribution in [-0.4, -0.2) is 10.2 Å². The van der Waals surface area contributed by atoms with Crippen molar-refractivity contribution in [3.63, 3.8) is 0 Å². The molecule has 1 aliphatic rings. The minimum Gasteiger partial charge on any atom is -0.206 e. The maximum absolute atomic E-state index is 14.3. The second-order valence-electron chi connectivity index (χ2n) is 8.15. The first-order chi connectivity index (χ1) is 13.2. The molecule has 3 heteroatoms. The minimum atomic E-state index is -0.212. The zero-order valence-corrected chi connectivity index (χ0v) is 16.9. The first-order valence-electron chi connectivity index (χ1n) is 10.8. The average Bonchev–Trinajstić information content (AvgIpc) is 2.72. The first-order valence-corrected chi connectivity index (χ1v) is 10.8. The standard InChI is InChI=1S/C24H33FN2/c1-3-5-6-19-7-9-20(10-8-19)11-13-21-14-16-24(27-26-21)22-15-12-18(4-2)17-23(22)25/h12,14-17,19-20H,3-11,13H2,1-2H3. The van der Waals surface area contributed by atoms with Crippen LogP contribution in [0.15, 0.2) is 30.3 Å². The lowest BCUT2D eigenvalue weighted by Crippen LogP contribution is -2.15. The molecule has 0 saturated heterocycles. The quantitative estimate of drug-likeness (QED) is 0.513. The van der Waals surface area contributed by atoms with Gasteiger partial charge >= 0.3 is 0 Å². The molecule has 1 heterocycles. The van der Waals surface area contributed by atoms with Gasteiger partial charge in [0.15, 0.2) is 0 Å². The van der Waals surface area contributed by atoms with Crippen molar-refractivity contribution >= 4 is 0 Å². The third-order valence-electron chi connectivity index (χ3n) is 6.18. The van der Waals surface area contributed by atoms with Crippen molar-refractivity contribution in [3.8, 4) is 11.3 Å². The molecule has 0 radical (unpaired) electrons. The van der Waals surface area contributed by atoms with Gasteiger partial charge < -0.3 is 0 Å². The van der Waals surface area contributed by atoms with Crippen LogP contribution in [0.3, 0.4) is 0 Å². The fraction of sp³-hybridized carbons (Fsp3) is 0.583. The molecule has 1 saturated carbocycles. The average molecular weight is 369 g/mol. The Kier molecular flexibility index (Phi) is 7.37. The van der Waals surface area contributed by atoms with Gasteiger partial charge in [0.2, 0.25) is 0 Å². The third-order valence-corrected chi connectivity index (χ3v) is 6.18. The predicted molar refractivity (Wildman–Crippen MR) is 110 cm³/mol. The number of halogens is 1. The molecule has 1 aromatic carbocycles. The summed E-state index contributed by atoms with van der Waals surface area (Å²) in [5, 5.41) is 8.65. The summed E-state index contributed by atoms with van der Waals surface area (Å²) < 4.78 is 14.3. The molecular weight excluding hydrogens is 335 g/mol. The van der Waals surface area contributed by atoms with E-state index in [1.165, 1.54) is 51.4 Å². The summed E-state index contributed by atoms with van der Waals surface area (Å²) >= 11 is 0. The van der Waals surface area contributed by atoms with E-state index in [0.717, 1.165) is 35.9 Å². The Morgan fingerprint density at radius 1 is 0.926 bits per heavy atom. The summed E-state index contributed by atoms with van der Waals surface area (Å²) in [4.78, 5) is 0. The Bertz CT molecular complexity index is 703. The fourth-order valence-electron chi connectivity index (χ4n) is 4.28. The molecule has 0 aliphatic heterocycles. The van der Waals surface area contributed by atoms with E-state index < -0.39 is 0 Å². The van der Waals surface area contributed by atoms with E-state index in [2.05, 4.69) is 17.1 Å². The highest BCUT2D eigenvalue weighted by atomic mass is 19.1. The van der Waals surface area contributed by atoms with Crippen LogP contribution in [0.4, 0.5) is 4.39 Å². The van der Waals surface area contributed by atoms with Gasteiger partial charge in [0.25, 0.3) is 0 Å². The number of unbranched alkanes of at least 4 members (excludes halogenated alkanes) is 1. The summed E-state index contributed by atoms with van der Waals surface area (Å²) in [5.74, 6) is 1.59. The molecule has 0 atom stereocenters. The van der Waals surface area contributed by atoms with Gasteiger partial charge in [-0.25, -0.2) is 4.39 Å². The van der Waals surface area contributed by atoms with Crippen molar-refractivity contribution in [2.24, 2.45) is 11.8 Å². The van der Waals surface area contributed by atoms with Gasteiger partial charge in [-0.15, -0.1) is 0 Å². The number of hydrogen-bond acceptors (Lipinski definition) is 2. The van der Waals surface area contributed by atoms with Crippen LogP contribution < -0.4 is 0 Å². The zero-order valence-electron chi connectivity index (χ0n) is 16.9. The van der Waals surface area contributed by atoms with Crippen LogP contribution in [-0.2, 0) is 12.8 Å². The molecule has 2 aromatic rings. The van der Waals surface area contributed by atoms with Gasteiger partial charge in [0.05, 0.1) is 11.4 Å². The molecule has 2 nitrogen and oxygen atoms in total. The van der Waals surface area contributed by atoms with Crippen molar-refractivity contribution < 1.29 is 4.39 Å². The van der Waals surface area contributed by atoms with E-state index in [-0.39, 0.29) is 5.82 Å². The Labute approximate surface area is 163 Å². The van der Waals surface area contributed by atoms with E-state index in [1.807, 2.05) is 31.2 Å². The van der Waals surface area contributed by atoms with Crippen LogP contribution in [0.1, 0.15) is 76.5 Å². The summed E-state index contributed by atoms with van der Waals surface area (Å²) in [6.45, 7) is 4.31. The molecule has 0 amide bonds. The van der Waals surface area contributed by atoms with Crippen molar-refractivity contribution in [2.75, 3.05) is 0 Å². The molecule has 0 bridgehead atoms. The molecule has 0 unspecified atom stereocenters. The van der Waals surface area contributed by atoms with Crippen molar-refractivity contribution in [3.05, 3.63) is 47.4 Å². The first kappa shape index (κ1) is 20.0. The highest BCUT2D eigenvalue weighted by molar-refractivity contribution is 5.59. The second kappa shape index (κ2) is 9.96. The van der Waals surface area contributed by atoms with Gasteiger partial charge in [-0.3, -0.25) is 0 Å². The number of nitrogens with zero attached hydrogens (tertiary/aromatic N) is 2. The Hall–Kier alpha value is -1.77. The van der Waals surface area contributed by atoms with Gasteiger partial charge in [0.1, 0.15) is 5.82 Å². The lowest BCUT2D eigenvalue weighted by Gasteiger charge is -2.28. The highest BCUT2D eigenvalue weighted by Gasteiger charge is 2.20. The molecular formula is C24H33FN2. The Morgan fingerprint density at radius 3 is 2.26 bits per heavy atom. The van der Waals surface area contributed by atoms with Gasteiger partial charge in [-0.05, 0) is 60.9 Å². The number of rotatable bonds is 8. The Morgan fingerprint density at radius 2 is 1.67 bits per heavy atom. The maximum Gasteiger partial charge on any atom is 0.132 e. The van der Waals surface area contributed by atoms with Crippen LogP contribution >= 0.6 is 0 Å². The van der Waals surface area contributed by atoms with Gasteiger partial charge in [0, 0.05) is 5.56 Å². The van der Waals surface area contributed by atoms with Crippen LogP contribution in [0.5, 0.6) is 0 Å². The van der Waals surface area contributed by atoms with Crippen molar-refractivity contribution in [1.82, 2.24) is 10.2 Å². The predicted octanol–water partition coefficient (Wildman–Crippen LogP) is 6.77. The summed E-state index contributed by atoms with van der Waals surface area (Å²) in [5.41, 5.74) is 3.19. The number of hydrogen-bond donors (Lipinski definition) is 0. The minimum absolute atomic E-state index is 0.212. The molecule has 1 aromatic heterocycles. The second-order valence-corrected chi connectivity index (χ2v) is 8.15. The van der Waals surface area contributed by atoms with Crippen LogP contribution in [0.2, 0.25) is 0 Å². The number of aryl methyl sites for hydroxylation is 2. The highest BCUT2D eigenvalue weighted by Crippen LogP contribution is 2.34. The van der Waals surface area contributed by atoms with E-state index in [0.29, 0.717) is 11.3 Å². The van der Waals surface area contributed by atoms with E-state index >= 15 is 0 Å². The SMILES string of the molecule is CCCCC1CCC(CCc2ccc(-c3ccc(CC)cc3F)nn2)CC1. The van der Waals surface area contributed by atoms with Gasteiger partial charge in [-0.2, -0.15) is 10.2 Å². The van der Waals surface area contributed by atoms with E-state index in [4.69, 9.17) is 0 Å². The molecule has 3 rings (SSSR count). The molecule has 27 heavy (non-hydrogen) atoms. The number of benzene rings is 1. The molecule has 1 aliphatic carbocycles. The monoisotopic (exact) mass is 368 g/mol. The lowest BCUT2D eigenvalue weighted by atomic mass is 9.78. The molecule has 0 N–H and O–H groups in total. The summed E-state index contributed by atoms with van der Waals surface area (Å²) in [6.07, 6.45) is 12.7. The van der Waals surface area contributed by atoms with Crippen LogP contribution in [0.25, 0.3) is 11.3 Å². The topological polar surface area (TPSA) is 25.8 Å². The summed E-state index contributed by atoms with van der Waals surface area (Å²) in [7, 11) is 0. The molecule has 146 valence electrons. The lowest BCUT2D eigenvalue weighted by molar-refractivity contribution is 0.249. The normalized spacial score (nSPS) is 20.0. The molecule has 1 fully saturated rings. The largest absolute Gasteiger partial charge is 0.206 e.